The Kier molecular flexibility index (Phi) is 3.57. The van der Waals surface area contributed by atoms with Crippen LogP contribution in [0.15, 0.2) is 54.7 Å². The van der Waals surface area contributed by atoms with Gasteiger partial charge in [-0.15, -0.1) is 0 Å². The summed E-state index contributed by atoms with van der Waals surface area (Å²) in [7, 11) is 1.51. The Balaban J connectivity index is 2.02. The van der Waals surface area contributed by atoms with Crippen molar-refractivity contribution in [3.63, 3.8) is 0 Å². The van der Waals surface area contributed by atoms with Crippen molar-refractivity contribution >= 4 is 11.7 Å². The van der Waals surface area contributed by atoms with Gasteiger partial charge in [-0.25, -0.2) is 0 Å². The van der Waals surface area contributed by atoms with Gasteiger partial charge in [-0.05, 0) is 24.3 Å². The van der Waals surface area contributed by atoms with Gasteiger partial charge in [0.05, 0.1) is 18.4 Å². The van der Waals surface area contributed by atoms with Gasteiger partial charge in [0.15, 0.2) is 0 Å². The molecule has 3 aromatic rings. The van der Waals surface area contributed by atoms with E-state index in [0.29, 0.717) is 22.7 Å². The molecule has 2 heterocycles. The fourth-order valence-corrected chi connectivity index (χ4v) is 2.13. The Hall–Kier alpha value is -3.15. The number of carbonyl (C=O) groups is 1. The maximum Gasteiger partial charge on any atom is 0.283 e. The molecule has 22 heavy (non-hydrogen) atoms. The van der Waals surface area contributed by atoms with Crippen LogP contribution in [0.1, 0.15) is 10.4 Å². The monoisotopic (exact) mass is 294 g/mol. The number of anilines is 1. The van der Waals surface area contributed by atoms with Crippen molar-refractivity contribution in [2.45, 2.75) is 0 Å². The molecule has 2 aromatic heterocycles. The van der Waals surface area contributed by atoms with Crippen molar-refractivity contribution in [3.05, 3.63) is 60.3 Å². The number of rotatable bonds is 3. The molecular weight excluding hydrogens is 280 g/mol. The van der Waals surface area contributed by atoms with Crippen LogP contribution < -0.4 is 10.5 Å². The van der Waals surface area contributed by atoms with E-state index in [4.69, 9.17) is 10.5 Å². The number of benzene rings is 1. The highest BCUT2D eigenvalue weighted by molar-refractivity contribution is 5.99. The summed E-state index contributed by atoms with van der Waals surface area (Å²) in [6.07, 6.45) is 1.66. The molecule has 0 aliphatic heterocycles. The Morgan fingerprint density at radius 1 is 1.14 bits per heavy atom. The minimum atomic E-state index is -0.350. The van der Waals surface area contributed by atoms with Gasteiger partial charge >= 0.3 is 0 Å². The summed E-state index contributed by atoms with van der Waals surface area (Å²) in [5.74, 6) is 0.371. The molecule has 0 aliphatic carbocycles. The third-order valence-corrected chi connectivity index (χ3v) is 3.19. The van der Waals surface area contributed by atoms with Gasteiger partial charge < -0.3 is 10.5 Å². The van der Waals surface area contributed by atoms with Gasteiger partial charge in [-0.3, -0.25) is 9.78 Å². The van der Waals surface area contributed by atoms with E-state index >= 15 is 0 Å². The minimum absolute atomic E-state index is 0.247. The first-order valence-electron chi connectivity index (χ1n) is 6.65. The molecule has 0 atom stereocenters. The second-order valence-electron chi connectivity index (χ2n) is 4.59. The van der Waals surface area contributed by atoms with E-state index in [0.717, 1.165) is 4.68 Å². The summed E-state index contributed by atoms with van der Waals surface area (Å²) in [6, 6.07) is 14.0. The number of aromatic nitrogens is 3. The van der Waals surface area contributed by atoms with E-state index in [9.17, 15) is 4.79 Å². The Morgan fingerprint density at radius 2 is 1.91 bits per heavy atom. The summed E-state index contributed by atoms with van der Waals surface area (Å²) in [4.78, 5) is 16.8. The molecule has 1 aromatic carbocycles. The van der Waals surface area contributed by atoms with Gasteiger partial charge in [0.1, 0.15) is 17.3 Å². The quantitative estimate of drug-likeness (QED) is 0.801. The molecule has 0 fully saturated rings. The van der Waals surface area contributed by atoms with E-state index in [1.54, 1.807) is 42.6 Å². The zero-order valence-corrected chi connectivity index (χ0v) is 11.9. The topological polar surface area (TPSA) is 83.0 Å². The maximum atomic E-state index is 12.6. The van der Waals surface area contributed by atoms with Crippen molar-refractivity contribution in [2.75, 3.05) is 12.8 Å². The highest BCUT2D eigenvalue weighted by Gasteiger charge is 2.18. The van der Waals surface area contributed by atoms with Gasteiger partial charge in [-0.1, -0.05) is 18.2 Å². The van der Waals surface area contributed by atoms with Crippen molar-refractivity contribution in [1.29, 1.82) is 0 Å². The van der Waals surface area contributed by atoms with E-state index < -0.39 is 0 Å². The lowest BCUT2D eigenvalue weighted by Gasteiger charge is -2.07. The summed E-state index contributed by atoms with van der Waals surface area (Å²) in [6.45, 7) is 0. The number of nitrogens with two attached hydrogens (primary N) is 1. The predicted octanol–water partition coefficient (Wildman–Crippen LogP) is 2.22. The number of hydrogen-bond acceptors (Lipinski definition) is 5. The smallest absolute Gasteiger partial charge is 0.283 e. The minimum Gasteiger partial charge on any atom is -0.496 e. The van der Waals surface area contributed by atoms with Crippen molar-refractivity contribution in [3.8, 4) is 17.1 Å². The lowest BCUT2D eigenvalue weighted by atomic mass is 10.2. The second kappa shape index (κ2) is 5.69. The van der Waals surface area contributed by atoms with Crippen LogP contribution in [-0.2, 0) is 0 Å². The molecular formula is C16H14N4O2. The zero-order valence-electron chi connectivity index (χ0n) is 11.9. The number of methoxy groups -OCH3 is 1. The van der Waals surface area contributed by atoms with Crippen LogP contribution in [-0.4, -0.2) is 27.8 Å². The van der Waals surface area contributed by atoms with Gasteiger partial charge in [0, 0.05) is 12.3 Å². The van der Waals surface area contributed by atoms with Crippen LogP contribution in [0, 0.1) is 0 Å². The van der Waals surface area contributed by atoms with E-state index in [2.05, 4.69) is 10.1 Å². The highest BCUT2D eigenvalue weighted by Crippen LogP contribution is 2.22. The van der Waals surface area contributed by atoms with Gasteiger partial charge in [-0.2, -0.15) is 9.78 Å². The standard InChI is InChI=1S/C16H14N4O2/c1-22-14-8-3-2-6-11(14)16(21)20-15(17)10-13(19-20)12-7-4-5-9-18-12/h2-10H,17H2,1H3. The summed E-state index contributed by atoms with van der Waals surface area (Å²) in [5, 5.41) is 4.26. The Morgan fingerprint density at radius 3 is 2.64 bits per heavy atom. The van der Waals surface area contributed by atoms with Gasteiger partial charge in [0.2, 0.25) is 0 Å². The van der Waals surface area contributed by atoms with Crippen LogP contribution in [0.2, 0.25) is 0 Å². The SMILES string of the molecule is COc1ccccc1C(=O)n1nc(-c2ccccn2)cc1N. The number of nitrogen functional groups attached to an aromatic ring is 1. The molecule has 0 unspecified atom stereocenters. The van der Waals surface area contributed by atoms with Crippen LogP contribution in [0.25, 0.3) is 11.4 Å². The Bertz CT molecular complexity index is 812. The number of nitrogens with zero attached hydrogens (tertiary/aromatic N) is 3. The first-order chi connectivity index (χ1) is 10.7. The fourth-order valence-electron chi connectivity index (χ4n) is 2.13. The maximum absolute atomic E-state index is 12.6. The molecule has 2 N–H and O–H groups in total. The average molecular weight is 294 g/mol. The van der Waals surface area contributed by atoms with Gasteiger partial charge in [0.25, 0.3) is 5.91 Å². The third kappa shape index (κ3) is 2.42. The normalized spacial score (nSPS) is 10.4. The number of pyridine rings is 1. The van der Waals surface area contributed by atoms with E-state index in [1.165, 1.54) is 7.11 Å². The summed E-state index contributed by atoms with van der Waals surface area (Å²) in [5.41, 5.74) is 7.51. The molecule has 0 aliphatic rings. The van der Waals surface area contributed by atoms with Crippen molar-refractivity contribution in [2.24, 2.45) is 0 Å². The summed E-state index contributed by atoms with van der Waals surface area (Å²) < 4.78 is 6.36. The number of carbonyl (C=O) groups excluding carboxylic acids is 1. The number of hydrogen-bond donors (Lipinski definition) is 1. The van der Waals surface area contributed by atoms with E-state index in [1.807, 2.05) is 12.1 Å². The van der Waals surface area contributed by atoms with Crippen LogP contribution in [0.3, 0.4) is 0 Å². The van der Waals surface area contributed by atoms with E-state index in [-0.39, 0.29) is 11.7 Å². The van der Waals surface area contributed by atoms with Crippen LogP contribution in [0.4, 0.5) is 5.82 Å². The van der Waals surface area contributed by atoms with Crippen LogP contribution >= 0.6 is 0 Å². The Labute approximate surface area is 127 Å². The molecule has 0 saturated heterocycles. The molecule has 6 heteroatoms. The molecule has 0 spiro atoms. The molecule has 3 rings (SSSR count). The second-order valence-corrected chi connectivity index (χ2v) is 4.59. The third-order valence-electron chi connectivity index (χ3n) is 3.19. The zero-order chi connectivity index (χ0) is 15.5. The highest BCUT2D eigenvalue weighted by atomic mass is 16.5. The molecule has 0 bridgehead atoms. The number of para-hydroxylation sites is 1. The largest absolute Gasteiger partial charge is 0.496 e. The fraction of sp³-hybridized carbons (Fsp3) is 0.0625. The first-order valence-corrected chi connectivity index (χ1v) is 6.65. The lowest BCUT2D eigenvalue weighted by molar-refractivity contribution is 0.0945. The first kappa shape index (κ1) is 13.8. The van der Waals surface area contributed by atoms with Crippen molar-refractivity contribution in [1.82, 2.24) is 14.8 Å². The molecule has 0 saturated carbocycles. The lowest BCUT2D eigenvalue weighted by Crippen LogP contribution is -2.17. The van der Waals surface area contributed by atoms with Crippen LogP contribution in [0.5, 0.6) is 5.75 Å². The molecule has 0 radical (unpaired) electrons. The van der Waals surface area contributed by atoms with Crippen molar-refractivity contribution < 1.29 is 9.53 Å². The molecule has 110 valence electrons. The molecule has 0 amide bonds. The molecule has 6 nitrogen and oxygen atoms in total. The number of ether oxygens (including phenoxy) is 1. The average Bonchev–Trinajstić information content (AvgIpc) is 2.97. The predicted molar refractivity (Wildman–Crippen MR) is 82.6 cm³/mol. The summed E-state index contributed by atoms with van der Waals surface area (Å²) >= 11 is 0.